The number of aryl methyl sites for hydroxylation is 1. The molecule has 4 nitrogen and oxygen atoms in total. The Balaban J connectivity index is 2.81. The molecule has 0 saturated carbocycles. The van der Waals surface area contributed by atoms with Crippen LogP contribution in [0.25, 0.3) is 10.9 Å². The van der Waals surface area contributed by atoms with E-state index in [4.69, 9.17) is 10.5 Å². The molecule has 0 atom stereocenters. The largest absolute Gasteiger partial charge is 0.496 e. The molecule has 0 aliphatic rings. The van der Waals surface area contributed by atoms with E-state index in [2.05, 4.69) is 5.10 Å². The molecule has 1 aromatic carbocycles. The Morgan fingerprint density at radius 3 is 2.93 bits per heavy atom. The summed E-state index contributed by atoms with van der Waals surface area (Å²) in [7, 11) is 3.56. The van der Waals surface area contributed by atoms with Crippen molar-refractivity contribution in [3.05, 3.63) is 23.9 Å². The first-order valence-electron chi connectivity index (χ1n) is 4.45. The summed E-state index contributed by atoms with van der Waals surface area (Å²) in [6, 6.07) is 3.90. The number of hydrogen-bond acceptors (Lipinski definition) is 3. The molecule has 0 saturated heterocycles. The number of fused-ring (bicyclic) bond motifs is 1. The zero-order valence-corrected chi connectivity index (χ0v) is 8.32. The van der Waals surface area contributed by atoms with Crippen molar-refractivity contribution in [2.75, 3.05) is 7.11 Å². The molecule has 0 bridgehead atoms. The van der Waals surface area contributed by atoms with Crippen molar-refractivity contribution in [3.8, 4) is 5.75 Å². The molecule has 2 N–H and O–H groups in total. The lowest BCUT2D eigenvalue weighted by Gasteiger charge is -2.05. The fraction of sp³-hybridized carbons (Fsp3) is 0.300. The van der Waals surface area contributed by atoms with Gasteiger partial charge in [0.1, 0.15) is 5.75 Å². The molecular formula is C10H13N3O. The van der Waals surface area contributed by atoms with E-state index in [0.29, 0.717) is 6.54 Å². The van der Waals surface area contributed by atoms with Gasteiger partial charge in [-0.25, -0.2) is 0 Å². The van der Waals surface area contributed by atoms with Crippen molar-refractivity contribution >= 4 is 10.9 Å². The van der Waals surface area contributed by atoms with Gasteiger partial charge in [0, 0.05) is 13.6 Å². The molecule has 2 aromatic rings. The first-order chi connectivity index (χ1) is 6.77. The lowest BCUT2D eigenvalue weighted by atomic mass is 10.1. The number of nitrogens with two attached hydrogens (primary N) is 1. The van der Waals surface area contributed by atoms with Crippen LogP contribution in [0.3, 0.4) is 0 Å². The van der Waals surface area contributed by atoms with E-state index in [1.165, 1.54) is 0 Å². The summed E-state index contributed by atoms with van der Waals surface area (Å²) in [6.45, 7) is 0.514. The predicted molar refractivity (Wildman–Crippen MR) is 55.2 cm³/mol. The van der Waals surface area contributed by atoms with Gasteiger partial charge in [0.15, 0.2) is 0 Å². The van der Waals surface area contributed by atoms with Crippen LogP contribution in [0.2, 0.25) is 0 Å². The Labute approximate surface area is 82.3 Å². The molecule has 0 radical (unpaired) electrons. The van der Waals surface area contributed by atoms with Gasteiger partial charge in [-0.05, 0) is 11.6 Å². The fourth-order valence-electron chi connectivity index (χ4n) is 1.69. The van der Waals surface area contributed by atoms with Crippen LogP contribution in [0.1, 0.15) is 5.56 Å². The third-order valence-corrected chi connectivity index (χ3v) is 2.38. The molecule has 2 rings (SSSR count). The second kappa shape index (κ2) is 3.31. The minimum absolute atomic E-state index is 0.514. The van der Waals surface area contributed by atoms with Gasteiger partial charge in [-0.1, -0.05) is 6.07 Å². The van der Waals surface area contributed by atoms with Crippen molar-refractivity contribution in [1.82, 2.24) is 9.78 Å². The summed E-state index contributed by atoms with van der Waals surface area (Å²) in [5, 5.41) is 5.21. The van der Waals surface area contributed by atoms with Crippen molar-refractivity contribution in [2.45, 2.75) is 6.54 Å². The smallest absolute Gasteiger partial charge is 0.129 e. The van der Waals surface area contributed by atoms with E-state index < -0.39 is 0 Å². The van der Waals surface area contributed by atoms with E-state index in [1.54, 1.807) is 13.3 Å². The van der Waals surface area contributed by atoms with Crippen LogP contribution in [0, 0.1) is 0 Å². The fourth-order valence-corrected chi connectivity index (χ4v) is 1.69. The third-order valence-electron chi connectivity index (χ3n) is 2.38. The van der Waals surface area contributed by atoms with Crippen LogP contribution < -0.4 is 10.5 Å². The quantitative estimate of drug-likeness (QED) is 0.771. The van der Waals surface area contributed by atoms with Gasteiger partial charge in [-0.15, -0.1) is 0 Å². The van der Waals surface area contributed by atoms with Gasteiger partial charge in [0.05, 0.1) is 24.2 Å². The Morgan fingerprint density at radius 1 is 1.50 bits per heavy atom. The van der Waals surface area contributed by atoms with Crippen molar-refractivity contribution in [3.63, 3.8) is 0 Å². The SMILES string of the molecule is COc1ccc(CN)c2c1cnn2C. The topological polar surface area (TPSA) is 53.1 Å². The number of nitrogens with zero attached hydrogens (tertiary/aromatic N) is 2. The first kappa shape index (κ1) is 9.02. The number of hydrogen-bond donors (Lipinski definition) is 1. The van der Waals surface area contributed by atoms with Gasteiger partial charge in [0.2, 0.25) is 0 Å². The predicted octanol–water partition coefficient (Wildman–Crippen LogP) is 1.04. The van der Waals surface area contributed by atoms with Crippen LogP contribution in [0.5, 0.6) is 5.75 Å². The molecule has 14 heavy (non-hydrogen) atoms. The number of aromatic nitrogens is 2. The Kier molecular flexibility index (Phi) is 2.13. The number of methoxy groups -OCH3 is 1. The zero-order chi connectivity index (χ0) is 10.1. The van der Waals surface area contributed by atoms with E-state index in [-0.39, 0.29) is 0 Å². The minimum atomic E-state index is 0.514. The van der Waals surface area contributed by atoms with Crippen LogP contribution in [-0.2, 0) is 13.6 Å². The summed E-state index contributed by atoms with van der Waals surface area (Å²) < 4.78 is 7.07. The molecule has 0 spiro atoms. The van der Waals surface area contributed by atoms with Crippen LogP contribution in [0.4, 0.5) is 0 Å². The van der Waals surface area contributed by atoms with Gasteiger partial charge in [-0.3, -0.25) is 4.68 Å². The van der Waals surface area contributed by atoms with E-state index in [9.17, 15) is 0 Å². The van der Waals surface area contributed by atoms with Gasteiger partial charge in [-0.2, -0.15) is 5.10 Å². The minimum Gasteiger partial charge on any atom is -0.496 e. The summed E-state index contributed by atoms with van der Waals surface area (Å²) in [4.78, 5) is 0. The second-order valence-corrected chi connectivity index (χ2v) is 3.16. The zero-order valence-electron chi connectivity index (χ0n) is 8.32. The summed E-state index contributed by atoms with van der Waals surface area (Å²) in [5.74, 6) is 0.838. The highest BCUT2D eigenvalue weighted by atomic mass is 16.5. The Morgan fingerprint density at radius 2 is 2.29 bits per heavy atom. The Bertz CT molecular complexity index is 462. The summed E-state index contributed by atoms with van der Waals surface area (Å²) in [6.07, 6.45) is 1.80. The summed E-state index contributed by atoms with van der Waals surface area (Å²) >= 11 is 0. The number of rotatable bonds is 2. The lowest BCUT2D eigenvalue weighted by molar-refractivity contribution is 0.419. The van der Waals surface area contributed by atoms with E-state index in [1.807, 2.05) is 23.9 Å². The normalized spacial score (nSPS) is 10.8. The molecule has 74 valence electrons. The third kappa shape index (κ3) is 1.15. The highest BCUT2D eigenvalue weighted by Gasteiger charge is 2.09. The van der Waals surface area contributed by atoms with E-state index in [0.717, 1.165) is 22.2 Å². The maximum atomic E-state index is 5.65. The van der Waals surface area contributed by atoms with Crippen LogP contribution in [0.15, 0.2) is 18.3 Å². The highest BCUT2D eigenvalue weighted by Crippen LogP contribution is 2.27. The maximum Gasteiger partial charge on any atom is 0.129 e. The molecule has 0 aliphatic carbocycles. The van der Waals surface area contributed by atoms with Crippen LogP contribution >= 0.6 is 0 Å². The van der Waals surface area contributed by atoms with E-state index >= 15 is 0 Å². The van der Waals surface area contributed by atoms with Gasteiger partial charge < -0.3 is 10.5 Å². The molecule has 4 heteroatoms. The molecule has 1 aromatic heterocycles. The molecule has 1 heterocycles. The Hall–Kier alpha value is -1.55. The average molecular weight is 191 g/mol. The van der Waals surface area contributed by atoms with Crippen LogP contribution in [-0.4, -0.2) is 16.9 Å². The van der Waals surface area contributed by atoms with Crippen molar-refractivity contribution < 1.29 is 4.74 Å². The highest BCUT2D eigenvalue weighted by molar-refractivity contribution is 5.87. The standard InChI is InChI=1S/C10H13N3O/c1-13-10-7(5-11)3-4-9(14-2)8(10)6-12-13/h3-4,6H,5,11H2,1-2H3. The van der Waals surface area contributed by atoms with Gasteiger partial charge in [0.25, 0.3) is 0 Å². The van der Waals surface area contributed by atoms with Gasteiger partial charge >= 0.3 is 0 Å². The molecule has 0 aliphatic heterocycles. The number of benzene rings is 1. The lowest BCUT2D eigenvalue weighted by Crippen LogP contribution is -2.01. The van der Waals surface area contributed by atoms with Crippen molar-refractivity contribution in [1.29, 1.82) is 0 Å². The average Bonchev–Trinajstić information content (AvgIpc) is 2.60. The molecule has 0 unspecified atom stereocenters. The monoisotopic (exact) mass is 191 g/mol. The number of ether oxygens (including phenoxy) is 1. The first-order valence-corrected chi connectivity index (χ1v) is 4.45. The second-order valence-electron chi connectivity index (χ2n) is 3.16. The summed E-state index contributed by atoms with van der Waals surface area (Å²) in [5.41, 5.74) is 7.79. The van der Waals surface area contributed by atoms with Crippen molar-refractivity contribution in [2.24, 2.45) is 12.8 Å². The maximum absolute atomic E-state index is 5.65. The molecule has 0 amide bonds. The molecular weight excluding hydrogens is 178 g/mol. The molecule has 0 fully saturated rings.